The highest BCUT2D eigenvalue weighted by Crippen LogP contribution is 2.44. The highest BCUT2D eigenvalue weighted by molar-refractivity contribution is 7.17. The van der Waals surface area contributed by atoms with Crippen molar-refractivity contribution in [2.75, 3.05) is 19.5 Å². The van der Waals surface area contributed by atoms with E-state index in [9.17, 15) is 5.26 Å². The number of nitriles is 2. The lowest BCUT2D eigenvalue weighted by atomic mass is 10.1. The van der Waals surface area contributed by atoms with Crippen molar-refractivity contribution < 1.29 is 14.2 Å². The summed E-state index contributed by atoms with van der Waals surface area (Å²) in [6.45, 7) is 4.20. The average molecular weight is 472 g/mol. The number of nitrogens with zero attached hydrogens (tertiary/aromatic N) is 4. The first-order valence-corrected chi connectivity index (χ1v) is 11.3. The van der Waals surface area contributed by atoms with Gasteiger partial charge < -0.3 is 19.5 Å². The van der Waals surface area contributed by atoms with Crippen molar-refractivity contribution in [1.29, 1.82) is 10.5 Å². The summed E-state index contributed by atoms with van der Waals surface area (Å²) in [5.41, 5.74) is 3.54. The minimum absolute atomic E-state index is 0.248. The summed E-state index contributed by atoms with van der Waals surface area (Å²) in [5.74, 6) is 1.94. The Bertz CT molecular complexity index is 1410. The number of anilines is 2. The molecule has 2 aromatic carbocycles. The molecular formula is C25H21N5O3S. The van der Waals surface area contributed by atoms with E-state index >= 15 is 0 Å². The molecule has 170 valence electrons. The number of ether oxygens (including phenoxy) is 3. The molecule has 2 heterocycles. The quantitative estimate of drug-likeness (QED) is 0.343. The van der Waals surface area contributed by atoms with Crippen LogP contribution in [0.5, 0.6) is 23.1 Å². The molecule has 0 saturated carbocycles. The number of fused-ring (bicyclic) bond motifs is 1. The number of hydrogen-bond donors (Lipinski definition) is 1. The molecule has 0 unspecified atom stereocenters. The Morgan fingerprint density at radius 1 is 0.941 bits per heavy atom. The number of aromatic nitrogens is 2. The minimum atomic E-state index is 0.248. The van der Waals surface area contributed by atoms with Crippen LogP contribution in [0, 0.1) is 22.7 Å². The number of hydrogen-bond acceptors (Lipinski definition) is 9. The van der Waals surface area contributed by atoms with Gasteiger partial charge in [0.1, 0.15) is 4.70 Å². The summed E-state index contributed by atoms with van der Waals surface area (Å²) in [6.07, 6.45) is 0. The van der Waals surface area contributed by atoms with Crippen molar-refractivity contribution in [2.45, 2.75) is 19.8 Å². The molecule has 0 amide bonds. The van der Waals surface area contributed by atoms with E-state index in [4.69, 9.17) is 24.5 Å². The van der Waals surface area contributed by atoms with E-state index in [1.807, 2.05) is 0 Å². The summed E-state index contributed by atoms with van der Waals surface area (Å²) in [4.78, 5) is 9.37. The number of nitrogens with one attached hydrogen (secondary N) is 1. The number of thiophene rings is 1. The molecular weight excluding hydrogens is 450 g/mol. The maximum Gasteiger partial charge on any atom is 0.242 e. The number of methoxy groups -OCH3 is 2. The molecule has 0 spiro atoms. The lowest BCUT2D eigenvalue weighted by Gasteiger charge is -2.15. The second-order valence-electron chi connectivity index (χ2n) is 7.61. The van der Waals surface area contributed by atoms with Gasteiger partial charge in [-0.2, -0.15) is 15.5 Å². The maximum atomic E-state index is 9.32. The third kappa shape index (κ3) is 4.42. The predicted molar refractivity (Wildman–Crippen MR) is 130 cm³/mol. The van der Waals surface area contributed by atoms with Crippen LogP contribution in [0.15, 0.2) is 41.8 Å². The molecule has 0 radical (unpaired) electrons. The molecule has 9 heteroatoms. The fraction of sp³-hybridized carbons (Fsp3) is 0.200. The first-order chi connectivity index (χ1) is 16.5. The summed E-state index contributed by atoms with van der Waals surface area (Å²) in [6, 6.07) is 14.4. The highest BCUT2D eigenvalue weighted by Gasteiger charge is 2.21. The fourth-order valence-electron chi connectivity index (χ4n) is 3.34. The molecule has 0 atom stereocenters. The van der Waals surface area contributed by atoms with Gasteiger partial charge in [0, 0.05) is 17.8 Å². The standard InChI is InChI=1S/C25H21N5O3S/c1-14(2)18-13-34-23-21(18)29-25(28-17-7-5-15(11-26)6-8-17)30-24(23)33-22-19(31-3)9-16(12-27)10-20(22)32-4/h5-10,13-14H,1-4H3,(H,28,29,30). The smallest absolute Gasteiger partial charge is 0.242 e. The molecule has 1 N–H and O–H groups in total. The van der Waals surface area contributed by atoms with Crippen LogP contribution in [-0.2, 0) is 0 Å². The molecule has 0 aliphatic rings. The Labute approximate surface area is 201 Å². The van der Waals surface area contributed by atoms with E-state index in [0.29, 0.717) is 40.2 Å². The van der Waals surface area contributed by atoms with Crippen molar-refractivity contribution >= 4 is 33.2 Å². The van der Waals surface area contributed by atoms with Crippen molar-refractivity contribution in [3.05, 3.63) is 58.5 Å². The second kappa shape index (κ2) is 9.65. The predicted octanol–water partition coefficient (Wildman–Crippen LogP) is 6.11. The molecule has 0 aliphatic carbocycles. The van der Waals surface area contributed by atoms with Crippen LogP contribution in [0.1, 0.15) is 36.5 Å². The van der Waals surface area contributed by atoms with E-state index in [-0.39, 0.29) is 5.92 Å². The van der Waals surface area contributed by atoms with Crippen molar-refractivity contribution in [3.8, 4) is 35.3 Å². The largest absolute Gasteiger partial charge is 0.493 e. The fourth-order valence-corrected chi connectivity index (χ4v) is 4.44. The molecule has 4 aromatic rings. The zero-order valence-corrected chi connectivity index (χ0v) is 19.9. The molecule has 0 fully saturated rings. The zero-order valence-electron chi connectivity index (χ0n) is 19.0. The van der Waals surface area contributed by atoms with Gasteiger partial charge in [-0.05, 0) is 41.1 Å². The number of rotatable bonds is 7. The zero-order chi connectivity index (χ0) is 24.2. The maximum absolute atomic E-state index is 9.32. The average Bonchev–Trinajstić information content (AvgIpc) is 3.29. The van der Waals surface area contributed by atoms with Crippen molar-refractivity contribution in [1.82, 2.24) is 9.97 Å². The van der Waals surface area contributed by atoms with Gasteiger partial charge in [-0.3, -0.25) is 0 Å². The Hall–Kier alpha value is -4.34. The van der Waals surface area contributed by atoms with Gasteiger partial charge in [0.05, 0.1) is 43.0 Å². The van der Waals surface area contributed by atoms with E-state index < -0.39 is 0 Å². The van der Waals surface area contributed by atoms with E-state index in [0.717, 1.165) is 21.5 Å². The Kier molecular flexibility index (Phi) is 6.48. The van der Waals surface area contributed by atoms with Crippen molar-refractivity contribution in [2.24, 2.45) is 0 Å². The number of benzene rings is 2. The van der Waals surface area contributed by atoms with Gasteiger partial charge in [-0.15, -0.1) is 11.3 Å². The van der Waals surface area contributed by atoms with Crippen LogP contribution in [0.3, 0.4) is 0 Å². The third-order valence-corrected chi connectivity index (χ3v) is 6.07. The normalized spacial score (nSPS) is 10.6. The molecule has 2 aromatic heterocycles. The summed E-state index contributed by atoms with van der Waals surface area (Å²) < 4.78 is 18.0. The Morgan fingerprint density at radius 2 is 1.59 bits per heavy atom. The van der Waals surface area contributed by atoms with Crippen molar-refractivity contribution in [3.63, 3.8) is 0 Å². The summed E-state index contributed by atoms with van der Waals surface area (Å²) in [7, 11) is 3.00. The second-order valence-corrected chi connectivity index (χ2v) is 8.49. The first kappa shape index (κ1) is 22.8. The topological polar surface area (TPSA) is 113 Å². The molecule has 8 nitrogen and oxygen atoms in total. The molecule has 0 aliphatic heterocycles. The van der Waals surface area contributed by atoms with Gasteiger partial charge >= 0.3 is 0 Å². The Morgan fingerprint density at radius 3 is 2.15 bits per heavy atom. The van der Waals surface area contributed by atoms with Crippen LogP contribution >= 0.6 is 11.3 Å². The van der Waals surface area contributed by atoms with Crippen LogP contribution in [0.4, 0.5) is 11.6 Å². The van der Waals surface area contributed by atoms with Crippen LogP contribution in [-0.4, -0.2) is 24.2 Å². The van der Waals surface area contributed by atoms with E-state index in [1.165, 1.54) is 25.6 Å². The Balaban J connectivity index is 1.84. The van der Waals surface area contributed by atoms with Crippen LogP contribution in [0.25, 0.3) is 10.2 Å². The molecule has 34 heavy (non-hydrogen) atoms. The van der Waals surface area contributed by atoms with Gasteiger partial charge in [0.15, 0.2) is 11.5 Å². The monoisotopic (exact) mass is 471 g/mol. The lowest BCUT2D eigenvalue weighted by molar-refractivity contribution is 0.343. The SMILES string of the molecule is COc1cc(C#N)cc(OC)c1Oc1nc(Nc2ccc(C#N)cc2)nc2c(C(C)C)csc12. The van der Waals surface area contributed by atoms with Gasteiger partial charge in [0.2, 0.25) is 17.6 Å². The third-order valence-electron chi connectivity index (χ3n) is 5.09. The van der Waals surface area contributed by atoms with E-state index in [2.05, 4.69) is 41.7 Å². The first-order valence-electron chi connectivity index (χ1n) is 10.4. The van der Waals surface area contributed by atoms with Crippen LogP contribution in [0.2, 0.25) is 0 Å². The summed E-state index contributed by atoms with van der Waals surface area (Å²) >= 11 is 1.49. The molecule has 4 rings (SSSR count). The van der Waals surface area contributed by atoms with Gasteiger partial charge in [-0.1, -0.05) is 13.8 Å². The highest BCUT2D eigenvalue weighted by atomic mass is 32.1. The summed E-state index contributed by atoms with van der Waals surface area (Å²) in [5, 5.41) is 23.6. The van der Waals surface area contributed by atoms with E-state index in [1.54, 1.807) is 36.4 Å². The van der Waals surface area contributed by atoms with Crippen LogP contribution < -0.4 is 19.5 Å². The molecule has 0 bridgehead atoms. The lowest BCUT2D eigenvalue weighted by Crippen LogP contribution is -2.02. The van der Waals surface area contributed by atoms with Gasteiger partial charge in [-0.25, -0.2) is 4.98 Å². The molecule has 0 saturated heterocycles. The minimum Gasteiger partial charge on any atom is -0.493 e. The van der Waals surface area contributed by atoms with Gasteiger partial charge in [0.25, 0.3) is 0 Å².